The molecular weight excluding hydrogens is 368 g/mol. The average Bonchev–Trinajstić information content (AvgIpc) is 2.74. The van der Waals surface area contributed by atoms with E-state index < -0.39 is 5.92 Å². The van der Waals surface area contributed by atoms with Gasteiger partial charge in [0.05, 0.1) is 18.2 Å². The number of ether oxygens (including phenoxy) is 2. The fourth-order valence-corrected chi connectivity index (χ4v) is 3.28. The Balaban J connectivity index is 1.86. The van der Waals surface area contributed by atoms with E-state index in [1.165, 1.54) is 4.90 Å². The highest BCUT2D eigenvalue weighted by Crippen LogP contribution is 2.32. The van der Waals surface area contributed by atoms with Crippen molar-refractivity contribution in [1.82, 2.24) is 0 Å². The SMILES string of the molecule is CCOCCCN=CC1C(=O)N(c2ccc(OCC)cc2)C(=O)c2ccccc21. The largest absolute Gasteiger partial charge is 0.494 e. The molecule has 0 aliphatic carbocycles. The molecule has 1 heterocycles. The topological polar surface area (TPSA) is 68.2 Å². The lowest BCUT2D eigenvalue weighted by atomic mass is 9.89. The van der Waals surface area contributed by atoms with Crippen molar-refractivity contribution in [2.75, 3.05) is 31.3 Å². The molecule has 0 fully saturated rings. The summed E-state index contributed by atoms with van der Waals surface area (Å²) < 4.78 is 10.8. The van der Waals surface area contributed by atoms with Crippen molar-refractivity contribution in [3.05, 3.63) is 59.7 Å². The van der Waals surface area contributed by atoms with E-state index in [4.69, 9.17) is 9.47 Å². The highest BCUT2D eigenvalue weighted by Gasteiger charge is 2.38. The lowest BCUT2D eigenvalue weighted by Gasteiger charge is -2.31. The van der Waals surface area contributed by atoms with Crippen LogP contribution in [0.2, 0.25) is 0 Å². The van der Waals surface area contributed by atoms with Crippen LogP contribution < -0.4 is 9.64 Å². The van der Waals surface area contributed by atoms with E-state index in [0.717, 1.165) is 6.42 Å². The van der Waals surface area contributed by atoms with Crippen LogP contribution in [0.3, 0.4) is 0 Å². The molecule has 0 saturated carbocycles. The quantitative estimate of drug-likeness (QED) is 0.368. The molecule has 0 saturated heterocycles. The Morgan fingerprint density at radius 1 is 1.03 bits per heavy atom. The van der Waals surface area contributed by atoms with E-state index in [1.54, 1.807) is 42.6 Å². The maximum atomic E-state index is 13.2. The number of hydrogen-bond donors (Lipinski definition) is 0. The molecule has 152 valence electrons. The van der Waals surface area contributed by atoms with Gasteiger partial charge in [-0.05, 0) is 56.2 Å². The van der Waals surface area contributed by atoms with Crippen molar-refractivity contribution >= 4 is 23.7 Å². The van der Waals surface area contributed by atoms with Gasteiger partial charge in [0.25, 0.3) is 5.91 Å². The first-order chi connectivity index (χ1) is 14.2. The number of carbonyl (C=O) groups excluding carboxylic acids is 2. The van der Waals surface area contributed by atoms with Crippen LogP contribution in [0.5, 0.6) is 5.75 Å². The van der Waals surface area contributed by atoms with Crippen molar-refractivity contribution in [2.24, 2.45) is 4.99 Å². The minimum Gasteiger partial charge on any atom is -0.494 e. The third-order valence-corrected chi connectivity index (χ3v) is 4.66. The van der Waals surface area contributed by atoms with Crippen molar-refractivity contribution in [3.63, 3.8) is 0 Å². The van der Waals surface area contributed by atoms with Crippen LogP contribution in [0.4, 0.5) is 5.69 Å². The van der Waals surface area contributed by atoms with Gasteiger partial charge in [0.1, 0.15) is 5.75 Å². The van der Waals surface area contributed by atoms with Crippen LogP contribution in [0.25, 0.3) is 0 Å². The zero-order valence-electron chi connectivity index (χ0n) is 16.8. The Morgan fingerprint density at radius 3 is 2.52 bits per heavy atom. The maximum absolute atomic E-state index is 13.2. The Morgan fingerprint density at radius 2 is 1.79 bits per heavy atom. The predicted molar refractivity (Wildman–Crippen MR) is 113 cm³/mol. The molecule has 2 aromatic rings. The normalized spacial score (nSPS) is 16.3. The van der Waals surface area contributed by atoms with Gasteiger partial charge in [-0.2, -0.15) is 0 Å². The van der Waals surface area contributed by atoms with Crippen LogP contribution in [0.15, 0.2) is 53.5 Å². The molecule has 0 bridgehead atoms. The van der Waals surface area contributed by atoms with Crippen LogP contribution in [-0.2, 0) is 9.53 Å². The molecule has 6 nitrogen and oxygen atoms in total. The number of rotatable bonds is 9. The lowest BCUT2D eigenvalue weighted by Crippen LogP contribution is -2.45. The molecule has 1 aliphatic heterocycles. The van der Waals surface area contributed by atoms with E-state index in [1.807, 2.05) is 26.0 Å². The van der Waals surface area contributed by atoms with Gasteiger partial charge in [-0.15, -0.1) is 0 Å². The van der Waals surface area contributed by atoms with E-state index in [0.29, 0.717) is 48.9 Å². The molecule has 1 aliphatic rings. The number of nitrogens with zero attached hydrogens (tertiary/aromatic N) is 2. The molecule has 1 atom stereocenters. The molecule has 1 unspecified atom stereocenters. The molecule has 2 amide bonds. The van der Waals surface area contributed by atoms with Gasteiger partial charge in [0.15, 0.2) is 0 Å². The second-order valence-electron chi connectivity index (χ2n) is 6.58. The number of fused-ring (bicyclic) bond motifs is 1. The summed E-state index contributed by atoms with van der Waals surface area (Å²) >= 11 is 0. The van der Waals surface area contributed by atoms with Gasteiger partial charge < -0.3 is 9.47 Å². The number of benzene rings is 2. The zero-order valence-corrected chi connectivity index (χ0v) is 16.8. The second-order valence-corrected chi connectivity index (χ2v) is 6.58. The second kappa shape index (κ2) is 9.98. The summed E-state index contributed by atoms with van der Waals surface area (Å²) in [7, 11) is 0. The van der Waals surface area contributed by atoms with Gasteiger partial charge in [0.2, 0.25) is 5.91 Å². The van der Waals surface area contributed by atoms with Gasteiger partial charge in [-0.1, -0.05) is 18.2 Å². The summed E-state index contributed by atoms with van der Waals surface area (Å²) in [6.45, 7) is 6.30. The first-order valence-electron chi connectivity index (χ1n) is 9.95. The summed E-state index contributed by atoms with van der Waals surface area (Å²) in [5, 5.41) is 0. The number of carbonyl (C=O) groups is 2. The van der Waals surface area contributed by atoms with Gasteiger partial charge in [0, 0.05) is 31.5 Å². The van der Waals surface area contributed by atoms with Gasteiger partial charge in [-0.3, -0.25) is 14.6 Å². The summed E-state index contributed by atoms with van der Waals surface area (Å²) in [6.07, 6.45) is 2.44. The molecular formula is C23H26N2O4. The Labute approximate surface area is 171 Å². The highest BCUT2D eigenvalue weighted by atomic mass is 16.5. The monoisotopic (exact) mass is 394 g/mol. The Hall–Kier alpha value is -2.99. The number of imide groups is 1. The lowest BCUT2D eigenvalue weighted by molar-refractivity contribution is -0.118. The first-order valence-corrected chi connectivity index (χ1v) is 9.95. The molecule has 6 heteroatoms. The molecule has 29 heavy (non-hydrogen) atoms. The van der Waals surface area contributed by atoms with E-state index in [9.17, 15) is 9.59 Å². The van der Waals surface area contributed by atoms with Gasteiger partial charge >= 0.3 is 0 Å². The zero-order chi connectivity index (χ0) is 20.6. The van der Waals surface area contributed by atoms with Crippen molar-refractivity contribution in [1.29, 1.82) is 0 Å². The van der Waals surface area contributed by atoms with Crippen molar-refractivity contribution in [3.8, 4) is 5.75 Å². The molecule has 2 aromatic carbocycles. The fraction of sp³-hybridized carbons (Fsp3) is 0.348. The van der Waals surface area contributed by atoms with Crippen LogP contribution in [0, 0.1) is 0 Å². The summed E-state index contributed by atoms with van der Waals surface area (Å²) in [4.78, 5) is 31.9. The van der Waals surface area contributed by atoms with Crippen LogP contribution in [-0.4, -0.2) is 44.4 Å². The minimum absolute atomic E-state index is 0.300. The number of amides is 2. The summed E-state index contributed by atoms with van der Waals surface area (Å²) in [5.74, 6) is -0.522. The molecule has 0 N–H and O–H groups in total. The summed E-state index contributed by atoms with van der Waals surface area (Å²) in [6, 6.07) is 14.2. The van der Waals surface area contributed by atoms with E-state index >= 15 is 0 Å². The predicted octanol–water partition coefficient (Wildman–Crippen LogP) is 3.85. The van der Waals surface area contributed by atoms with Crippen LogP contribution >= 0.6 is 0 Å². The highest BCUT2D eigenvalue weighted by molar-refractivity contribution is 6.29. The third-order valence-electron chi connectivity index (χ3n) is 4.66. The number of anilines is 1. The van der Waals surface area contributed by atoms with Crippen molar-refractivity contribution in [2.45, 2.75) is 26.2 Å². The third kappa shape index (κ3) is 4.71. The summed E-state index contributed by atoms with van der Waals surface area (Å²) in [5.41, 5.74) is 1.73. The molecule has 0 spiro atoms. The fourth-order valence-electron chi connectivity index (χ4n) is 3.28. The minimum atomic E-state index is -0.595. The standard InChI is InChI=1S/C23H26N2O4/c1-3-28-15-7-14-24-16-21-19-8-5-6-9-20(19)22(26)25(23(21)27)17-10-12-18(13-11-17)29-4-2/h5-6,8-13,16,21H,3-4,7,14-15H2,1-2H3. The smallest absolute Gasteiger partial charge is 0.265 e. The number of aliphatic imine (C=N–C) groups is 1. The maximum Gasteiger partial charge on any atom is 0.265 e. The van der Waals surface area contributed by atoms with E-state index in [-0.39, 0.29) is 11.8 Å². The molecule has 0 aromatic heterocycles. The van der Waals surface area contributed by atoms with E-state index in [2.05, 4.69) is 4.99 Å². The first kappa shape index (κ1) is 20.7. The molecule has 3 rings (SSSR count). The molecule has 0 radical (unpaired) electrons. The Kier molecular flexibility index (Phi) is 7.14. The Bertz CT molecular complexity index is 877. The van der Waals surface area contributed by atoms with Gasteiger partial charge in [-0.25, -0.2) is 4.90 Å². The van der Waals surface area contributed by atoms with Crippen LogP contribution in [0.1, 0.15) is 42.1 Å². The number of hydrogen-bond acceptors (Lipinski definition) is 5. The average molecular weight is 394 g/mol. The van der Waals surface area contributed by atoms with Crippen molar-refractivity contribution < 1.29 is 19.1 Å².